The highest BCUT2D eigenvalue weighted by molar-refractivity contribution is 6.30. The Labute approximate surface area is 140 Å². The fourth-order valence-corrected chi connectivity index (χ4v) is 3.95. The standard InChI is InChI=1S/C17H21ClO5/c1-17(2)22-14-13(21-16(19-3)15(14)23-17)12-11-5-4-10(18)8-9(11)6-7-20-12/h4-5,8,12-16H,6-7H2,1-3H3/t12-,13-,14-,15-,16+/m1/s1. The van der Waals surface area contributed by atoms with Crippen molar-refractivity contribution >= 4 is 11.6 Å². The van der Waals surface area contributed by atoms with Crippen molar-refractivity contribution in [3.63, 3.8) is 0 Å². The molecule has 0 N–H and O–H groups in total. The molecule has 5 atom stereocenters. The van der Waals surface area contributed by atoms with Gasteiger partial charge in [0.15, 0.2) is 12.1 Å². The fourth-order valence-electron chi connectivity index (χ4n) is 3.75. The Morgan fingerprint density at radius 3 is 2.74 bits per heavy atom. The van der Waals surface area contributed by atoms with Crippen LogP contribution in [0.3, 0.4) is 0 Å². The highest BCUT2D eigenvalue weighted by Gasteiger charge is 2.58. The molecule has 126 valence electrons. The second kappa shape index (κ2) is 5.69. The van der Waals surface area contributed by atoms with Gasteiger partial charge >= 0.3 is 0 Å². The first-order valence-electron chi connectivity index (χ1n) is 7.92. The molecule has 2 saturated heterocycles. The van der Waals surface area contributed by atoms with Crippen LogP contribution in [-0.2, 0) is 30.1 Å². The van der Waals surface area contributed by atoms with Gasteiger partial charge in [-0.1, -0.05) is 17.7 Å². The molecule has 3 heterocycles. The number of benzene rings is 1. The number of fused-ring (bicyclic) bond motifs is 2. The Hall–Kier alpha value is -0.690. The summed E-state index contributed by atoms with van der Waals surface area (Å²) < 4.78 is 29.6. The van der Waals surface area contributed by atoms with Crippen LogP contribution in [0.5, 0.6) is 0 Å². The van der Waals surface area contributed by atoms with Gasteiger partial charge in [-0.25, -0.2) is 0 Å². The van der Waals surface area contributed by atoms with Crippen molar-refractivity contribution in [1.82, 2.24) is 0 Å². The maximum atomic E-state index is 6.12. The Morgan fingerprint density at radius 1 is 1.17 bits per heavy atom. The molecule has 2 fully saturated rings. The van der Waals surface area contributed by atoms with Crippen LogP contribution in [0.25, 0.3) is 0 Å². The zero-order chi connectivity index (χ0) is 16.2. The SMILES string of the molecule is CO[C@H]1O[C@H]([C@@H]2OCCc3cc(Cl)ccc32)[C@H]2OC(C)(C)O[C@@H]12. The van der Waals surface area contributed by atoms with Crippen LogP contribution in [0.4, 0.5) is 0 Å². The normalized spacial score (nSPS) is 38.3. The third kappa shape index (κ3) is 2.69. The van der Waals surface area contributed by atoms with Crippen molar-refractivity contribution in [1.29, 1.82) is 0 Å². The minimum atomic E-state index is -0.647. The highest BCUT2D eigenvalue weighted by atomic mass is 35.5. The van der Waals surface area contributed by atoms with Gasteiger partial charge in [-0.15, -0.1) is 0 Å². The smallest absolute Gasteiger partial charge is 0.186 e. The predicted molar refractivity (Wildman–Crippen MR) is 83.3 cm³/mol. The fraction of sp³-hybridized carbons (Fsp3) is 0.647. The average Bonchev–Trinajstić information content (AvgIpc) is 2.99. The van der Waals surface area contributed by atoms with E-state index in [9.17, 15) is 0 Å². The van der Waals surface area contributed by atoms with Crippen LogP contribution < -0.4 is 0 Å². The number of hydrogen-bond donors (Lipinski definition) is 0. The Bertz CT molecular complexity index is 605. The Morgan fingerprint density at radius 2 is 1.96 bits per heavy atom. The summed E-state index contributed by atoms with van der Waals surface area (Å²) in [5, 5.41) is 0.742. The molecule has 23 heavy (non-hydrogen) atoms. The highest BCUT2D eigenvalue weighted by Crippen LogP contribution is 2.45. The summed E-state index contributed by atoms with van der Waals surface area (Å²) in [5.41, 5.74) is 2.31. The second-order valence-corrected chi connectivity index (χ2v) is 7.09. The monoisotopic (exact) mass is 340 g/mol. The van der Waals surface area contributed by atoms with Gasteiger partial charge in [-0.05, 0) is 43.5 Å². The second-order valence-electron chi connectivity index (χ2n) is 6.65. The van der Waals surface area contributed by atoms with E-state index in [1.807, 2.05) is 32.0 Å². The predicted octanol–water partition coefficient (Wildman–Crippen LogP) is 2.85. The summed E-state index contributed by atoms with van der Waals surface area (Å²) in [6.07, 6.45) is -0.548. The maximum Gasteiger partial charge on any atom is 0.186 e. The molecule has 0 amide bonds. The molecule has 0 bridgehead atoms. The molecule has 0 spiro atoms. The molecule has 5 nitrogen and oxygen atoms in total. The number of ether oxygens (including phenoxy) is 5. The molecule has 0 aliphatic carbocycles. The molecule has 0 aromatic heterocycles. The lowest BCUT2D eigenvalue weighted by atomic mass is 9.92. The zero-order valence-corrected chi connectivity index (χ0v) is 14.2. The third-order valence-corrected chi connectivity index (χ3v) is 4.89. The van der Waals surface area contributed by atoms with Gasteiger partial charge < -0.3 is 23.7 Å². The summed E-state index contributed by atoms with van der Waals surface area (Å²) in [5.74, 6) is -0.647. The molecule has 3 aliphatic heterocycles. The lowest BCUT2D eigenvalue weighted by Gasteiger charge is -2.33. The van der Waals surface area contributed by atoms with Gasteiger partial charge in [0.05, 0.1) is 6.61 Å². The van der Waals surface area contributed by atoms with Crippen molar-refractivity contribution in [3.8, 4) is 0 Å². The molecule has 1 aromatic carbocycles. The van der Waals surface area contributed by atoms with Gasteiger partial charge in [-0.2, -0.15) is 0 Å². The summed E-state index contributed by atoms with van der Waals surface area (Å²) in [7, 11) is 1.62. The van der Waals surface area contributed by atoms with Gasteiger partial charge in [0.1, 0.15) is 24.4 Å². The zero-order valence-electron chi connectivity index (χ0n) is 13.5. The van der Waals surface area contributed by atoms with E-state index in [-0.39, 0.29) is 24.4 Å². The van der Waals surface area contributed by atoms with Gasteiger partial charge in [0, 0.05) is 12.1 Å². The van der Waals surface area contributed by atoms with Crippen LogP contribution in [0, 0.1) is 0 Å². The summed E-state index contributed by atoms with van der Waals surface area (Å²) in [6.45, 7) is 4.45. The molecule has 1 aromatic rings. The van der Waals surface area contributed by atoms with Crippen molar-refractivity contribution in [2.24, 2.45) is 0 Å². The van der Waals surface area contributed by atoms with Crippen molar-refractivity contribution < 1.29 is 23.7 Å². The molecule has 0 unspecified atom stereocenters. The van der Waals surface area contributed by atoms with Gasteiger partial charge in [0.2, 0.25) is 0 Å². The van der Waals surface area contributed by atoms with Crippen LogP contribution in [0.15, 0.2) is 18.2 Å². The van der Waals surface area contributed by atoms with E-state index in [1.54, 1.807) is 7.11 Å². The molecule has 3 aliphatic rings. The molecule has 4 rings (SSSR count). The Kier molecular flexibility index (Phi) is 3.91. The van der Waals surface area contributed by atoms with Crippen LogP contribution in [0.1, 0.15) is 31.1 Å². The summed E-state index contributed by atoms with van der Waals surface area (Å²) in [6, 6.07) is 5.90. The quantitative estimate of drug-likeness (QED) is 0.828. The Balaban J connectivity index is 1.66. The van der Waals surface area contributed by atoms with E-state index < -0.39 is 12.1 Å². The van der Waals surface area contributed by atoms with E-state index >= 15 is 0 Å². The largest absolute Gasteiger partial charge is 0.370 e. The third-order valence-electron chi connectivity index (χ3n) is 4.66. The summed E-state index contributed by atoms with van der Waals surface area (Å²) in [4.78, 5) is 0. The molecule has 6 heteroatoms. The lowest BCUT2D eigenvalue weighted by Crippen LogP contribution is -2.37. The van der Waals surface area contributed by atoms with Crippen molar-refractivity contribution in [2.45, 2.75) is 56.8 Å². The molecule has 0 radical (unpaired) electrons. The van der Waals surface area contributed by atoms with Crippen LogP contribution in [0.2, 0.25) is 5.02 Å². The van der Waals surface area contributed by atoms with E-state index in [4.69, 9.17) is 35.3 Å². The van der Waals surface area contributed by atoms with E-state index in [0.717, 1.165) is 17.0 Å². The molecular weight excluding hydrogens is 320 g/mol. The van der Waals surface area contributed by atoms with Crippen molar-refractivity contribution in [2.75, 3.05) is 13.7 Å². The number of hydrogen-bond acceptors (Lipinski definition) is 5. The topological polar surface area (TPSA) is 46.2 Å². The number of methoxy groups -OCH3 is 1. The van der Waals surface area contributed by atoms with Gasteiger partial charge in [0.25, 0.3) is 0 Å². The van der Waals surface area contributed by atoms with E-state index in [2.05, 4.69) is 0 Å². The summed E-state index contributed by atoms with van der Waals surface area (Å²) >= 11 is 6.12. The molecular formula is C17H21ClO5. The number of halogens is 1. The molecule has 0 saturated carbocycles. The van der Waals surface area contributed by atoms with Gasteiger partial charge in [-0.3, -0.25) is 0 Å². The first-order valence-corrected chi connectivity index (χ1v) is 8.30. The minimum Gasteiger partial charge on any atom is -0.370 e. The lowest BCUT2D eigenvalue weighted by molar-refractivity contribution is -0.241. The van der Waals surface area contributed by atoms with E-state index in [0.29, 0.717) is 6.61 Å². The van der Waals surface area contributed by atoms with Crippen LogP contribution >= 0.6 is 11.6 Å². The average molecular weight is 341 g/mol. The van der Waals surface area contributed by atoms with Crippen molar-refractivity contribution in [3.05, 3.63) is 34.3 Å². The first kappa shape index (κ1) is 15.8. The van der Waals surface area contributed by atoms with E-state index in [1.165, 1.54) is 5.56 Å². The maximum absolute atomic E-state index is 6.12. The van der Waals surface area contributed by atoms with Crippen LogP contribution in [-0.4, -0.2) is 44.1 Å². The first-order chi connectivity index (χ1) is 11.0. The number of rotatable bonds is 2. The minimum absolute atomic E-state index is 0.207.